The third-order valence-electron chi connectivity index (χ3n) is 4.07. The first-order valence-corrected chi connectivity index (χ1v) is 9.03. The van der Waals surface area contributed by atoms with Gasteiger partial charge >= 0.3 is 0 Å². The number of rotatable bonds is 5. The van der Waals surface area contributed by atoms with Crippen LogP contribution in [0.3, 0.4) is 0 Å². The van der Waals surface area contributed by atoms with Crippen molar-refractivity contribution in [2.45, 2.75) is 51.5 Å². The summed E-state index contributed by atoms with van der Waals surface area (Å²) in [5.41, 5.74) is 0. The lowest BCUT2D eigenvalue weighted by molar-refractivity contribution is 0.293. The van der Waals surface area contributed by atoms with Crippen LogP contribution in [-0.2, 0) is 10.2 Å². The summed E-state index contributed by atoms with van der Waals surface area (Å²) in [5, 5.41) is 3.27. The summed E-state index contributed by atoms with van der Waals surface area (Å²) in [6, 6.07) is 0.146. The molecular formula is C13H27N3O2S. The molecule has 0 aromatic rings. The van der Waals surface area contributed by atoms with E-state index in [9.17, 15) is 8.42 Å². The smallest absolute Gasteiger partial charge is 0.282 e. The van der Waals surface area contributed by atoms with Gasteiger partial charge in [0.05, 0.1) is 0 Å². The Morgan fingerprint density at radius 3 is 2.42 bits per heavy atom. The van der Waals surface area contributed by atoms with Crippen molar-refractivity contribution in [3.8, 4) is 0 Å². The zero-order valence-electron chi connectivity index (χ0n) is 12.0. The SMILES string of the molecule is CCCN(C1CCNC1)S(=O)(=O)N1CCCCCC1. The van der Waals surface area contributed by atoms with E-state index in [0.717, 1.165) is 51.6 Å². The topological polar surface area (TPSA) is 52.7 Å². The molecule has 1 atom stereocenters. The van der Waals surface area contributed by atoms with Crippen molar-refractivity contribution in [1.82, 2.24) is 13.9 Å². The standard InChI is InChI=1S/C13H27N3O2S/c1-2-9-16(13-7-8-14-12-13)19(17,18)15-10-5-3-4-6-11-15/h13-14H,2-12H2,1H3. The van der Waals surface area contributed by atoms with Crippen LogP contribution in [0.2, 0.25) is 0 Å². The highest BCUT2D eigenvalue weighted by molar-refractivity contribution is 7.86. The van der Waals surface area contributed by atoms with Crippen LogP contribution in [0, 0.1) is 0 Å². The van der Waals surface area contributed by atoms with Gasteiger partial charge in [0.25, 0.3) is 10.2 Å². The van der Waals surface area contributed by atoms with Gasteiger partial charge in [-0.05, 0) is 32.2 Å². The molecule has 2 aliphatic rings. The lowest BCUT2D eigenvalue weighted by Gasteiger charge is -2.32. The van der Waals surface area contributed by atoms with Crippen molar-refractivity contribution >= 4 is 10.2 Å². The fourth-order valence-corrected chi connectivity index (χ4v) is 5.00. The van der Waals surface area contributed by atoms with Gasteiger partial charge in [0, 0.05) is 32.2 Å². The molecule has 0 aromatic carbocycles. The molecule has 0 radical (unpaired) electrons. The Bertz CT molecular complexity index is 358. The number of nitrogens with one attached hydrogen (secondary N) is 1. The average molecular weight is 289 g/mol. The lowest BCUT2D eigenvalue weighted by atomic mass is 10.2. The fraction of sp³-hybridized carbons (Fsp3) is 1.00. The Labute approximate surface area is 117 Å². The van der Waals surface area contributed by atoms with Crippen LogP contribution in [0.1, 0.15) is 45.4 Å². The summed E-state index contributed by atoms with van der Waals surface area (Å²) in [6.45, 7) is 5.82. The van der Waals surface area contributed by atoms with Crippen LogP contribution in [0.15, 0.2) is 0 Å². The van der Waals surface area contributed by atoms with Crippen LogP contribution in [0.4, 0.5) is 0 Å². The Kier molecular flexibility index (Phi) is 5.62. The molecular weight excluding hydrogens is 262 g/mol. The Hall–Kier alpha value is -0.170. The first-order valence-electron chi connectivity index (χ1n) is 7.64. The van der Waals surface area contributed by atoms with Crippen LogP contribution >= 0.6 is 0 Å². The van der Waals surface area contributed by atoms with Crippen LogP contribution in [-0.4, -0.2) is 55.8 Å². The molecule has 19 heavy (non-hydrogen) atoms. The molecule has 1 N–H and O–H groups in total. The molecule has 2 fully saturated rings. The molecule has 6 heteroatoms. The van der Waals surface area contributed by atoms with Gasteiger partial charge in [0.15, 0.2) is 0 Å². The van der Waals surface area contributed by atoms with Crippen molar-refractivity contribution in [2.75, 3.05) is 32.7 Å². The predicted molar refractivity (Wildman–Crippen MR) is 77.2 cm³/mol. The summed E-state index contributed by atoms with van der Waals surface area (Å²) < 4.78 is 29.1. The second-order valence-electron chi connectivity index (χ2n) is 5.58. The Morgan fingerprint density at radius 2 is 1.89 bits per heavy atom. The van der Waals surface area contributed by atoms with Crippen LogP contribution in [0.25, 0.3) is 0 Å². The molecule has 0 amide bonds. The number of nitrogens with zero attached hydrogens (tertiary/aromatic N) is 2. The Morgan fingerprint density at radius 1 is 1.21 bits per heavy atom. The number of hydrogen-bond acceptors (Lipinski definition) is 3. The van der Waals surface area contributed by atoms with Gasteiger partial charge in [-0.3, -0.25) is 0 Å². The summed E-state index contributed by atoms with van der Waals surface area (Å²) in [7, 11) is -3.27. The summed E-state index contributed by atoms with van der Waals surface area (Å²) >= 11 is 0. The van der Waals surface area contributed by atoms with E-state index in [1.807, 2.05) is 6.92 Å². The lowest BCUT2D eigenvalue weighted by Crippen LogP contribution is -2.49. The van der Waals surface area contributed by atoms with Gasteiger partial charge in [-0.1, -0.05) is 19.8 Å². The third-order valence-corrected chi connectivity index (χ3v) is 6.16. The van der Waals surface area contributed by atoms with Gasteiger partial charge in [-0.25, -0.2) is 0 Å². The molecule has 0 aliphatic carbocycles. The van der Waals surface area contributed by atoms with E-state index >= 15 is 0 Å². The highest BCUT2D eigenvalue weighted by Gasteiger charge is 2.35. The second kappa shape index (κ2) is 7.02. The first-order chi connectivity index (χ1) is 9.16. The summed E-state index contributed by atoms with van der Waals surface area (Å²) in [4.78, 5) is 0. The molecule has 1 unspecified atom stereocenters. The van der Waals surface area contributed by atoms with E-state index in [0.29, 0.717) is 19.6 Å². The van der Waals surface area contributed by atoms with E-state index in [2.05, 4.69) is 5.32 Å². The minimum atomic E-state index is -3.27. The van der Waals surface area contributed by atoms with Gasteiger partial charge in [0.2, 0.25) is 0 Å². The quantitative estimate of drug-likeness (QED) is 0.827. The highest BCUT2D eigenvalue weighted by atomic mass is 32.2. The first kappa shape index (κ1) is 15.2. The monoisotopic (exact) mass is 289 g/mol. The van der Waals surface area contributed by atoms with Crippen molar-refractivity contribution in [2.24, 2.45) is 0 Å². The molecule has 0 spiro atoms. The molecule has 2 heterocycles. The Balaban J connectivity index is 2.12. The molecule has 0 saturated carbocycles. The molecule has 2 aliphatic heterocycles. The molecule has 0 aromatic heterocycles. The van der Waals surface area contributed by atoms with Crippen molar-refractivity contribution in [3.05, 3.63) is 0 Å². The van der Waals surface area contributed by atoms with Crippen molar-refractivity contribution in [1.29, 1.82) is 0 Å². The summed E-state index contributed by atoms with van der Waals surface area (Å²) in [6.07, 6.45) is 6.14. The molecule has 112 valence electrons. The maximum Gasteiger partial charge on any atom is 0.282 e. The normalized spacial score (nSPS) is 26.7. The van der Waals surface area contributed by atoms with E-state index in [-0.39, 0.29) is 6.04 Å². The van der Waals surface area contributed by atoms with Crippen LogP contribution in [0.5, 0.6) is 0 Å². The minimum absolute atomic E-state index is 0.146. The van der Waals surface area contributed by atoms with E-state index < -0.39 is 10.2 Å². The maximum atomic E-state index is 12.8. The van der Waals surface area contributed by atoms with Gasteiger partial charge in [-0.15, -0.1) is 0 Å². The van der Waals surface area contributed by atoms with E-state index in [4.69, 9.17) is 0 Å². The number of hydrogen-bond donors (Lipinski definition) is 1. The third kappa shape index (κ3) is 3.68. The van der Waals surface area contributed by atoms with E-state index in [1.54, 1.807) is 8.61 Å². The van der Waals surface area contributed by atoms with E-state index in [1.165, 1.54) is 0 Å². The zero-order chi connectivity index (χ0) is 13.7. The van der Waals surface area contributed by atoms with Crippen molar-refractivity contribution < 1.29 is 8.42 Å². The van der Waals surface area contributed by atoms with Gasteiger partial charge < -0.3 is 5.32 Å². The molecule has 2 rings (SSSR count). The fourth-order valence-electron chi connectivity index (χ4n) is 3.01. The molecule has 0 bridgehead atoms. The molecule has 5 nitrogen and oxygen atoms in total. The maximum absolute atomic E-state index is 12.8. The van der Waals surface area contributed by atoms with Crippen LogP contribution < -0.4 is 5.32 Å². The summed E-state index contributed by atoms with van der Waals surface area (Å²) in [5.74, 6) is 0. The van der Waals surface area contributed by atoms with Gasteiger partial charge in [-0.2, -0.15) is 17.0 Å². The minimum Gasteiger partial charge on any atom is -0.315 e. The second-order valence-corrected chi connectivity index (χ2v) is 7.46. The largest absolute Gasteiger partial charge is 0.315 e. The van der Waals surface area contributed by atoms with Crippen molar-refractivity contribution in [3.63, 3.8) is 0 Å². The highest BCUT2D eigenvalue weighted by Crippen LogP contribution is 2.21. The predicted octanol–water partition coefficient (Wildman–Crippen LogP) is 1.18. The average Bonchev–Trinajstić information content (AvgIpc) is 2.76. The zero-order valence-corrected chi connectivity index (χ0v) is 12.8. The van der Waals surface area contributed by atoms with Gasteiger partial charge in [0.1, 0.15) is 0 Å². The molecule has 2 saturated heterocycles.